The second kappa shape index (κ2) is 9.50. The molecule has 1 heterocycles. The molecular formula is C19H24N2O6S. The van der Waals surface area contributed by atoms with Crippen molar-refractivity contribution in [3.63, 3.8) is 0 Å². The Balaban J connectivity index is 1.78. The van der Waals surface area contributed by atoms with Crippen LogP contribution in [0.15, 0.2) is 36.4 Å². The molecule has 152 valence electrons. The molecule has 1 aliphatic heterocycles. The fraction of sp³-hybridized carbons (Fsp3) is 0.421. The first-order valence-electron chi connectivity index (χ1n) is 8.91. The van der Waals surface area contributed by atoms with Crippen molar-refractivity contribution < 1.29 is 27.5 Å². The van der Waals surface area contributed by atoms with Crippen LogP contribution in [0.2, 0.25) is 0 Å². The van der Waals surface area contributed by atoms with Crippen LogP contribution in [0.1, 0.15) is 25.8 Å². The van der Waals surface area contributed by atoms with Crippen LogP contribution in [0, 0.1) is 0 Å². The van der Waals surface area contributed by atoms with Gasteiger partial charge in [0.2, 0.25) is 5.91 Å². The Morgan fingerprint density at radius 3 is 2.46 bits per heavy atom. The Labute approximate surface area is 164 Å². The van der Waals surface area contributed by atoms with Crippen molar-refractivity contribution in [3.8, 4) is 0 Å². The lowest BCUT2D eigenvalue weighted by Gasteiger charge is -2.18. The van der Waals surface area contributed by atoms with Gasteiger partial charge in [0.25, 0.3) is 5.91 Å². The van der Waals surface area contributed by atoms with E-state index in [0.29, 0.717) is 6.42 Å². The van der Waals surface area contributed by atoms with Crippen molar-refractivity contribution in [3.05, 3.63) is 42.0 Å². The number of nitrogens with one attached hydrogen (secondary N) is 2. The second-order valence-electron chi connectivity index (χ2n) is 6.66. The fourth-order valence-electron chi connectivity index (χ4n) is 2.61. The van der Waals surface area contributed by atoms with E-state index in [1.165, 1.54) is 19.9 Å². The highest BCUT2D eigenvalue weighted by molar-refractivity contribution is 7.91. The maximum Gasteiger partial charge on any atom is 0.329 e. The number of esters is 1. The van der Waals surface area contributed by atoms with Crippen molar-refractivity contribution in [1.29, 1.82) is 0 Å². The summed E-state index contributed by atoms with van der Waals surface area (Å²) in [5.41, 5.74) is 0.840. The number of hydrogen-bond donors (Lipinski definition) is 2. The van der Waals surface area contributed by atoms with Gasteiger partial charge >= 0.3 is 5.97 Å². The highest BCUT2D eigenvalue weighted by Crippen LogP contribution is 2.11. The summed E-state index contributed by atoms with van der Waals surface area (Å²) in [6, 6.07) is 7.78. The third kappa shape index (κ3) is 6.80. The van der Waals surface area contributed by atoms with Gasteiger partial charge < -0.3 is 15.4 Å². The van der Waals surface area contributed by atoms with Gasteiger partial charge in [-0.2, -0.15) is 0 Å². The van der Waals surface area contributed by atoms with E-state index in [0.717, 1.165) is 5.56 Å². The quantitative estimate of drug-likeness (QED) is 0.499. The first-order valence-corrected chi connectivity index (χ1v) is 10.7. The number of hydrogen-bond acceptors (Lipinski definition) is 6. The van der Waals surface area contributed by atoms with Gasteiger partial charge in [0, 0.05) is 12.1 Å². The minimum absolute atomic E-state index is 0.0334. The molecule has 2 N–H and O–H groups in total. The standard InChI is InChI=1S/C19H24N2O6S/c1-13(20-17(22)9-8-15-6-4-3-5-7-15)19(24)27-14(2)18(23)21-16-10-11-28(25,26)12-16/h3-9,13-14,16H,10-12H2,1-2H3,(H,20,22)(H,21,23)/b9-8+/t13-,14-,16+/m0/s1. The maximum absolute atomic E-state index is 12.1. The zero-order chi connectivity index (χ0) is 20.7. The number of carbonyl (C=O) groups excluding carboxylic acids is 3. The van der Waals surface area contributed by atoms with E-state index in [1.807, 2.05) is 30.3 Å². The van der Waals surface area contributed by atoms with Gasteiger partial charge in [-0.1, -0.05) is 30.3 Å². The highest BCUT2D eigenvalue weighted by Gasteiger charge is 2.31. The largest absolute Gasteiger partial charge is 0.451 e. The third-order valence-electron chi connectivity index (χ3n) is 4.18. The van der Waals surface area contributed by atoms with Crippen molar-refractivity contribution in [2.75, 3.05) is 11.5 Å². The topological polar surface area (TPSA) is 119 Å². The van der Waals surface area contributed by atoms with Crippen LogP contribution in [-0.4, -0.2) is 55.9 Å². The van der Waals surface area contributed by atoms with Gasteiger partial charge in [-0.25, -0.2) is 13.2 Å². The molecule has 1 fully saturated rings. The molecule has 9 heteroatoms. The van der Waals surface area contributed by atoms with Crippen LogP contribution in [-0.2, 0) is 29.0 Å². The molecular weight excluding hydrogens is 384 g/mol. The Morgan fingerprint density at radius 2 is 1.86 bits per heavy atom. The smallest absolute Gasteiger partial charge is 0.329 e. The monoisotopic (exact) mass is 408 g/mol. The van der Waals surface area contributed by atoms with Gasteiger partial charge in [-0.05, 0) is 31.9 Å². The molecule has 0 spiro atoms. The normalized spacial score (nSPS) is 20.3. The molecule has 1 aliphatic rings. The lowest BCUT2D eigenvalue weighted by molar-refractivity contribution is -0.157. The molecule has 0 bridgehead atoms. The van der Waals surface area contributed by atoms with Gasteiger partial charge in [-0.15, -0.1) is 0 Å². The van der Waals surface area contributed by atoms with Gasteiger partial charge in [0.05, 0.1) is 11.5 Å². The summed E-state index contributed by atoms with van der Waals surface area (Å²) < 4.78 is 27.9. The molecule has 8 nitrogen and oxygen atoms in total. The summed E-state index contributed by atoms with van der Waals surface area (Å²) in [6.45, 7) is 2.84. The Bertz CT molecular complexity index is 850. The minimum atomic E-state index is -3.12. The van der Waals surface area contributed by atoms with Crippen molar-refractivity contribution in [1.82, 2.24) is 10.6 Å². The average Bonchev–Trinajstić information content (AvgIpc) is 2.99. The van der Waals surface area contributed by atoms with E-state index < -0.39 is 45.8 Å². The molecule has 3 atom stereocenters. The molecule has 1 saturated heterocycles. The molecule has 0 radical (unpaired) electrons. The lowest BCUT2D eigenvalue weighted by atomic mass is 10.2. The van der Waals surface area contributed by atoms with Gasteiger partial charge in [0.15, 0.2) is 15.9 Å². The summed E-state index contributed by atoms with van der Waals surface area (Å²) in [6.07, 6.45) is 2.15. The zero-order valence-corrected chi connectivity index (χ0v) is 16.6. The number of rotatable bonds is 7. The van der Waals surface area contributed by atoms with E-state index in [-0.39, 0.29) is 11.5 Å². The van der Waals surface area contributed by atoms with E-state index in [2.05, 4.69) is 10.6 Å². The summed E-state index contributed by atoms with van der Waals surface area (Å²) in [7, 11) is -3.12. The molecule has 1 aromatic carbocycles. The zero-order valence-electron chi connectivity index (χ0n) is 15.8. The van der Waals surface area contributed by atoms with E-state index in [9.17, 15) is 22.8 Å². The van der Waals surface area contributed by atoms with E-state index >= 15 is 0 Å². The average molecular weight is 408 g/mol. The van der Waals surface area contributed by atoms with Crippen LogP contribution >= 0.6 is 0 Å². The predicted molar refractivity (Wildman–Crippen MR) is 104 cm³/mol. The van der Waals surface area contributed by atoms with Crippen LogP contribution in [0.3, 0.4) is 0 Å². The molecule has 0 aliphatic carbocycles. The van der Waals surface area contributed by atoms with Gasteiger partial charge in [0.1, 0.15) is 6.04 Å². The number of amides is 2. The Hall–Kier alpha value is -2.68. The molecule has 28 heavy (non-hydrogen) atoms. The van der Waals surface area contributed by atoms with Crippen LogP contribution in [0.25, 0.3) is 6.08 Å². The van der Waals surface area contributed by atoms with Gasteiger partial charge in [-0.3, -0.25) is 9.59 Å². The first-order chi connectivity index (χ1) is 13.2. The van der Waals surface area contributed by atoms with Crippen LogP contribution in [0.5, 0.6) is 0 Å². The fourth-order valence-corrected chi connectivity index (χ4v) is 4.29. The van der Waals surface area contributed by atoms with E-state index in [4.69, 9.17) is 4.74 Å². The third-order valence-corrected chi connectivity index (χ3v) is 5.95. The van der Waals surface area contributed by atoms with Crippen molar-refractivity contribution in [2.24, 2.45) is 0 Å². The number of sulfone groups is 1. The summed E-state index contributed by atoms with van der Waals surface area (Å²) in [5.74, 6) is -1.88. The Kier molecular flexibility index (Phi) is 7.33. The van der Waals surface area contributed by atoms with Crippen LogP contribution < -0.4 is 10.6 Å². The Morgan fingerprint density at radius 1 is 1.18 bits per heavy atom. The summed E-state index contributed by atoms with van der Waals surface area (Å²) in [5, 5.41) is 5.03. The predicted octanol–water partition coefficient (Wildman–Crippen LogP) is 0.440. The second-order valence-corrected chi connectivity index (χ2v) is 8.89. The lowest BCUT2D eigenvalue weighted by Crippen LogP contribution is -2.45. The molecule has 0 unspecified atom stereocenters. The molecule has 0 saturated carbocycles. The molecule has 2 amide bonds. The maximum atomic E-state index is 12.1. The number of carbonyl (C=O) groups is 3. The first kappa shape index (κ1) is 21.6. The van der Waals surface area contributed by atoms with Crippen molar-refractivity contribution in [2.45, 2.75) is 38.5 Å². The SMILES string of the molecule is C[C@H](NC(=O)/C=C/c1ccccc1)C(=O)O[C@@H](C)C(=O)N[C@@H]1CCS(=O)(=O)C1. The molecule has 2 rings (SSSR count). The van der Waals surface area contributed by atoms with Crippen LogP contribution in [0.4, 0.5) is 0 Å². The summed E-state index contributed by atoms with van der Waals surface area (Å²) >= 11 is 0. The van der Waals surface area contributed by atoms with E-state index in [1.54, 1.807) is 6.08 Å². The molecule has 0 aromatic heterocycles. The minimum Gasteiger partial charge on any atom is -0.451 e. The molecule has 1 aromatic rings. The highest BCUT2D eigenvalue weighted by atomic mass is 32.2. The number of ether oxygens (including phenoxy) is 1. The van der Waals surface area contributed by atoms with Crippen molar-refractivity contribution >= 4 is 33.7 Å². The number of benzene rings is 1. The summed E-state index contributed by atoms with van der Waals surface area (Å²) in [4.78, 5) is 36.0.